The Morgan fingerprint density at radius 1 is 1.12 bits per heavy atom. The van der Waals surface area contributed by atoms with E-state index in [2.05, 4.69) is 15.9 Å². The first kappa shape index (κ1) is 18.4. The van der Waals surface area contributed by atoms with Crippen molar-refractivity contribution in [1.29, 1.82) is 0 Å². The van der Waals surface area contributed by atoms with Gasteiger partial charge in [-0.3, -0.25) is 14.4 Å². The first-order valence-corrected chi connectivity index (χ1v) is 9.45. The summed E-state index contributed by atoms with van der Waals surface area (Å²) >= 11 is 3.39. The normalized spacial score (nSPS) is 11.3. The molecule has 0 unspecified atom stereocenters. The number of sulfonamides is 1. The number of nitro benzene ring substituents is 1. The number of hydrogen-bond donors (Lipinski definition) is 0. The third kappa shape index (κ3) is 3.44. The van der Waals surface area contributed by atoms with Gasteiger partial charge in [-0.1, -0.05) is 22.0 Å². The number of halogens is 1. The quantitative estimate of drug-likeness (QED) is 0.544. The molecule has 0 atom stereocenters. The number of non-ortho nitro benzene ring substituents is 1. The number of aryl methyl sites for hydroxylation is 2. The van der Waals surface area contributed by atoms with Gasteiger partial charge < -0.3 is 0 Å². The van der Waals surface area contributed by atoms with E-state index >= 15 is 0 Å². The van der Waals surface area contributed by atoms with Crippen LogP contribution in [0.25, 0.3) is 0 Å². The molecule has 128 valence electrons. The van der Waals surface area contributed by atoms with Gasteiger partial charge in [0.25, 0.3) is 15.7 Å². The molecule has 0 aliphatic heterocycles. The zero-order valence-corrected chi connectivity index (χ0v) is 15.9. The van der Waals surface area contributed by atoms with Crippen LogP contribution in [0.15, 0.2) is 45.8 Å². The summed E-state index contributed by atoms with van der Waals surface area (Å²) in [5.74, 6) is 0. The number of nitrogens with zero attached hydrogens (tertiary/aromatic N) is 2. The van der Waals surface area contributed by atoms with E-state index in [0.29, 0.717) is 11.3 Å². The van der Waals surface area contributed by atoms with Crippen molar-refractivity contribution in [3.05, 3.63) is 62.1 Å². The maximum Gasteiger partial charge on any atom is 0.270 e. The van der Waals surface area contributed by atoms with Crippen LogP contribution in [0.3, 0.4) is 0 Å². The average molecular weight is 413 g/mol. The van der Waals surface area contributed by atoms with Gasteiger partial charge in [0.1, 0.15) is 0 Å². The highest BCUT2D eigenvalue weighted by Gasteiger charge is 2.27. The minimum atomic E-state index is -3.91. The average Bonchev–Trinajstić information content (AvgIpc) is 2.51. The van der Waals surface area contributed by atoms with E-state index < -0.39 is 14.9 Å². The van der Waals surface area contributed by atoms with Gasteiger partial charge in [0.2, 0.25) is 0 Å². The molecule has 0 spiro atoms. The largest absolute Gasteiger partial charge is 0.270 e. The molecule has 2 aromatic carbocycles. The minimum absolute atomic E-state index is 0.0564. The Morgan fingerprint density at radius 2 is 1.79 bits per heavy atom. The van der Waals surface area contributed by atoms with Crippen LogP contribution in [0.1, 0.15) is 18.1 Å². The summed E-state index contributed by atoms with van der Waals surface area (Å²) < 4.78 is 28.2. The highest BCUT2D eigenvalue weighted by molar-refractivity contribution is 9.10. The van der Waals surface area contributed by atoms with Crippen molar-refractivity contribution in [3.8, 4) is 0 Å². The number of benzene rings is 2. The Kier molecular flexibility index (Phi) is 5.29. The van der Waals surface area contributed by atoms with Gasteiger partial charge in [0, 0.05) is 23.2 Å². The highest BCUT2D eigenvalue weighted by atomic mass is 79.9. The second-order valence-corrected chi connectivity index (χ2v) is 8.00. The van der Waals surface area contributed by atoms with E-state index in [1.54, 1.807) is 32.0 Å². The summed E-state index contributed by atoms with van der Waals surface area (Å²) in [4.78, 5) is 10.3. The smallest absolute Gasteiger partial charge is 0.267 e. The molecule has 2 rings (SSSR count). The van der Waals surface area contributed by atoms with E-state index in [1.807, 2.05) is 6.92 Å². The topological polar surface area (TPSA) is 80.5 Å². The zero-order chi connectivity index (χ0) is 18.1. The molecule has 0 aliphatic rings. The zero-order valence-electron chi connectivity index (χ0n) is 13.5. The van der Waals surface area contributed by atoms with Crippen LogP contribution >= 0.6 is 15.9 Å². The molecule has 0 aromatic heterocycles. The Labute approximate surface area is 149 Å². The molecule has 2 aromatic rings. The predicted molar refractivity (Wildman–Crippen MR) is 96.9 cm³/mol. The van der Waals surface area contributed by atoms with Crippen molar-refractivity contribution in [1.82, 2.24) is 0 Å². The van der Waals surface area contributed by atoms with Crippen molar-refractivity contribution in [2.45, 2.75) is 25.7 Å². The van der Waals surface area contributed by atoms with Gasteiger partial charge >= 0.3 is 0 Å². The van der Waals surface area contributed by atoms with Crippen LogP contribution in [-0.4, -0.2) is 19.9 Å². The van der Waals surface area contributed by atoms with E-state index in [0.717, 1.165) is 16.1 Å². The monoisotopic (exact) mass is 412 g/mol. The first-order chi connectivity index (χ1) is 11.2. The van der Waals surface area contributed by atoms with Crippen LogP contribution in [0.4, 0.5) is 11.4 Å². The van der Waals surface area contributed by atoms with Crippen molar-refractivity contribution < 1.29 is 13.3 Å². The summed E-state index contributed by atoms with van der Waals surface area (Å²) in [6.45, 7) is 5.43. The molecular weight excluding hydrogens is 396 g/mol. The summed E-state index contributed by atoms with van der Waals surface area (Å²) in [7, 11) is -3.91. The molecule has 0 radical (unpaired) electrons. The number of rotatable bonds is 5. The second-order valence-electron chi connectivity index (χ2n) is 5.31. The lowest BCUT2D eigenvalue weighted by molar-refractivity contribution is -0.385. The second kappa shape index (κ2) is 6.90. The van der Waals surface area contributed by atoms with Crippen molar-refractivity contribution in [2.75, 3.05) is 10.8 Å². The molecule has 0 bridgehead atoms. The van der Waals surface area contributed by atoms with Crippen molar-refractivity contribution in [3.63, 3.8) is 0 Å². The van der Waals surface area contributed by atoms with Crippen molar-refractivity contribution in [2.24, 2.45) is 0 Å². The van der Waals surface area contributed by atoms with E-state index in [4.69, 9.17) is 0 Å². The van der Waals surface area contributed by atoms with Crippen LogP contribution in [0.2, 0.25) is 0 Å². The van der Waals surface area contributed by atoms with Gasteiger partial charge in [0.05, 0.1) is 15.5 Å². The van der Waals surface area contributed by atoms with E-state index in [-0.39, 0.29) is 17.1 Å². The Balaban J connectivity index is 2.60. The third-order valence-electron chi connectivity index (χ3n) is 3.67. The maximum atomic E-state index is 13.0. The lowest BCUT2D eigenvalue weighted by Gasteiger charge is -2.24. The number of anilines is 1. The fourth-order valence-corrected chi connectivity index (χ4v) is 4.33. The molecular formula is C16H17BrN2O4S. The molecule has 8 heteroatoms. The first-order valence-electron chi connectivity index (χ1n) is 7.22. The van der Waals surface area contributed by atoms with Crippen LogP contribution < -0.4 is 4.31 Å². The minimum Gasteiger partial charge on any atom is -0.267 e. The summed E-state index contributed by atoms with van der Waals surface area (Å²) in [6, 6.07) is 9.10. The predicted octanol–water partition coefficient (Wildman–Crippen LogP) is 4.19. The lowest BCUT2D eigenvalue weighted by Crippen LogP contribution is -2.31. The number of nitro groups is 1. The van der Waals surface area contributed by atoms with Crippen molar-refractivity contribution >= 4 is 37.3 Å². The molecule has 0 heterocycles. The molecule has 0 saturated heterocycles. The van der Waals surface area contributed by atoms with Gasteiger partial charge in [-0.2, -0.15) is 0 Å². The maximum absolute atomic E-state index is 13.0. The Hall–Kier alpha value is -1.93. The van der Waals surface area contributed by atoms with E-state index in [1.165, 1.54) is 16.4 Å². The SMILES string of the molecule is CCN(c1ccc(Br)c(C)c1)S(=O)(=O)c1cc([N+](=O)[O-])ccc1C. The Morgan fingerprint density at radius 3 is 2.33 bits per heavy atom. The van der Waals surface area contributed by atoms with Gasteiger partial charge in [-0.25, -0.2) is 8.42 Å². The number of hydrogen-bond acceptors (Lipinski definition) is 4. The molecule has 24 heavy (non-hydrogen) atoms. The highest BCUT2D eigenvalue weighted by Crippen LogP contribution is 2.30. The fraction of sp³-hybridized carbons (Fsp3) is 0.250. The van der Waals surface area contributed by atoms with Gasteiger partial charge in [-0.15, -0.1) is 0 Å². The molecule has 0 fully saturated rings. The molecule has 0 aliphatic carbocycles. The summed E-state index contributed by atoms with van der Waals surface area (Å²) in [6.07, 6.45) is 0. The van der Waals surface area contributed by atoms with Crippen LogP contribution in [-0.2, 0) is 10.0 Å². The molecule has 0 saturated carbocycles. The van der Waals surface area contributed by atoms with Gasteiger partial charge in [0.15, 0.2) is 0 Å². The van der Waals surface area contributed by atoms with Gasteiger partial charge in [-0.05, 0) is 50.1 Å². The summed E-state index contributed by atoms with van der Waals surface area (Å²) in [5, 5.41) is 11.0. The van der Waals surface area contributed by atoms with Crippen LogP contribution in [0, 0.1) is 24.0 Å². The lowest BCUT2D eigenvalue weighted by atomic mass is 10.2. The molecule has 0 amide bonds. The molecule has 0 N–H and O–H groups in total. The Bertz CT molecular complexity index is 897. The molecule has 6 nitrogen and oxygen atoms in total. The third-order valence-corrected chi connectivity index (χ3v) is 6.60. The van der Waals surface area contributed by atoms with E-state index in [9.17, 15) is 18.5 Å². The summed E-state index contributed by atoms with van der Waals surface area (Å²) in [5.41, 5.74) is 1.64. The standard InChI is InChI=1S/C16H17BrN2O4S/c1-4-18(13-7-8-15(17)12(3)9-13)24(22,23)16-10-14(19(20)21)6-5-11(16)2/h5-10H,4H2,1-3H3. The fourth-order valence-electron chi connectivity index (χ4n) is 2.37. The van der Waals surface area contributed by atoms with Crippen LogP contribution in [0.5, 0.6) is 0 Å².